The molecule has 0 unspecified atom stereocenters. The van der Waals surface area contributed by atoms with Gasteiger partial charge in [-0.05, 0) is 25.1 Å². The Hall–Kier alpha value is -0.510. The first kappa shape index (κ1) is 9.49. The first-order valence-electron chi connectivity index (χ1n) is 3.31. The maximum Gasteiger partial charge on any atom is 0.313 e. The quantitative estimate of drug-likeness (QED) is 0.361. The van der Waals surface area contributed by atoms with Crippen LogP contribution in [0.3, 0.4) is 0 Å². The molecule has 0 atom stereocenters. The van der Waals surface area contributed by atoms with Crippen molar-refractivity contribution in [2.45, 2.75) is 26.7 Å². The largest absolute Gasteiger partial charge is 0.313 e. The molecule has 0 aromatic heterocycles. The van der Waals surface area contributed by atoms with Gasteiger partial charge in [0.2, 0.25) is 0 Å². The highest BCUT2D eigenvalue weighted by atomic mass is 32.1. The molecule has 0 fully saturated rings. The summed E-state index contributed by atoms with van der Waals surface area (Å²) in [5.41, 5.74) is 0. The summed E-state index contributed by atoms with van der Waals surface area (Å²) in [5.74, 6) is -0.0231. The Kier molecular flexibility index (Phi) is 4.11. The molecule has 0 saturated carbocycles. The van der Waals surface area contributed by atoms with Gasteiger partial charge in [-0.25, -0.2) is 0 Å². The van der Waals surface area contributed by atoms with Crippen LogP contribution in [0.25, 0.3) is 0 Å². The van der Waals surface area contributed by atoms with E-state index >= 15 is 0 Å². The molecular weight excluding hydrogens is 150 g/mol. The maximum atomic E-state index is 10.1. The van der Waals surface area contributed by atoms with Crippen molar-refractivity contribution in [3.63, 3.8) is 0 Å². The molecule has 0 spiro atoms. The Morgan fingerprint density at radius 3 is 2.10 bits per heavy atom. The summed E-state index contributed by atoms with van der Waals surface area (Å²) in [6, 6.07) is 0. The smallest absolute Gasteiger partial charge is 0.258 e. The molecule has 3 nitrogen and oxygen atoms in total. The summed E-state index contributed by atoms with van der Waals surface area (Å²) >= 11 is 4.60. The lowest BCUT2D eigenvalue weighted by Crippen LogP contribution is -2.19. The van der Waals surface area contributed by atoms with Gasteiger partial charge in [0.15, 0.2) is 0 Å². The predicted octanol–water partition coefficient (Wildman–Crippen LogP) is 2.03. The van der Waals surface area contributed by atoms with Crippen LogP contribution in [0.1, 0.15) is 26.7 Å². The molecular formula is C6H11NO2S. The molecule has 0 heterocycles. The van der Waals surface area contributed by atoms with Crippen LogP contribution in [0.15, 0.2) is 0 Å². The van der Waals surface area contributed by atoms with Crippen molar-refractivity contribution in [1.82, 2.24) is 0 Å². The van der Waals surface area contributed by atoms with Crippen LogP contribution in [0.4, 0.5) is 0 Å². The van der Waals surface area contributed by atoms with E-state index in [0.717, 1.165) is 12.8 Å². The minimum Gasteiger partial charge on any atom is -0.258 e. The van der Waals surface area contributed by atoms with Crippen LogP contribution in [0.2, 0.25) is 0 Å². The second-order valence-corrected chi connectivity index (χ2v) is 2.53. The molecule has 0 radical (unpaired) electrons. The maximum absolute atomic E-state index is 10.1. The van der Waals surface area contributed by atoms with E-state index in [2.05, 4.69) is 12.2 Å². The highest BCUT2D eigenvalue weighted by Gasteiger charge is 2.20. The van der Waals surface area contributed by atoms with E-state index in [4.69, 9.17) is 0 Å². The first-order chi connectivity index (χ1) is 4.63. The zero-order chi connectivity index (χ0) is 8.15. The minimum atomic E-state index is -0.465. The molecule has 0 bridgehead atoms. The van der Waals surface area contributed by atoms with Gasteiger partial charge in [0.1, 0.15) is 0 Å². The Morgan fingerprint density at radius 2 is 2.00 bits per heavy atom. The summed E-state index contributed by atoms with van der Waals surface area (Å²) < 4.78 is 0. The molecule has 58 valence electrons. The average Bonchev–Trinajstić information content (AvgIpc) is 1.90. The van der Waals surface area contributed by atoms with E-state index < -0.39 is 4.92 Å². The van der Waals surface area contributed by atoms with E-state index in [0.29, 0.717) is 0 Å². The van der Waals surface area contributed by atoms with E-state index in [1.54, 1.807) is 0 Å². The Morgan fingerprint density at radius 1 is 1.60 bits per heavy atom. The lowest BCUT2D eigenvalue weighted by molar-refractivity contribution is -0.351. The number of rotatable bonds is 3. The number of thiocarbonyl (C=S) groups is 1. The van der Waals surface area contributed by atoms with Gasteiger partial charge >= 0.3 is 4.99 Å². The molecule has 0 N–H and O–H groups in total. The van der Waals surface area contributed by atoms with Crippen LogP contribution >= 0.6 is 12.2 Å². The van der Waals surface area contributed by atoms with Crippen LogP contribution in [0.5, 0.6) is 0 Å². The number of nitrogens with zero attached hydrogens (tertiary/aromatic N) is 1. The van der Waals surface area contributed by atoms with Gasteiger partial charge in [-0.1, -0.05) is 13.8 Å². The fraction of sp³-hybridized carbons (Fsp3) is 0.833. The van der Waals surface area contributed by atoms with Gasteiger partial charge in [-0.15, -0.1) is 0 Å². The Balaban J connectivity index is 4.02. The molecule has 0 amide bonds. The minimum absolute atomic E-state index is 0.0231. The van der Waals surface area contributed by atoms with Crippen molar-refractivity contribution >= 4 is 17.2 Å². The van der Waals surface area contributed by atoms with Crippen molar-refractivity contribution in [3.8, 4) is 0 Å². The van der Waals surface area contributed by atoms with Gasteiger partial charge in [-0.3, -0.25) is 10.1 Å². The first-order valence-corrected chi connectivity index (χ1v) is 3.72. The lowest BCUT2D eigenvalue weighted by Gasteiger charge is -2.04. The SMILES string of the molecule is CCC(CC)C(=S)[N+](=O)[O-]. The molecule has 4 heteroatoms. The average molecular weight is 161 g/mol. The summed E-state index contributed by atoms with van der Waals surface area (Å²) in [4.78, 5) is 9.63. The summed E-state index contributed by atoms with van der Waals surface area (Å²) in [6.45, 7) is 3.81. The molecule has 0 aromatic carbocycles. The van der Waals surface area contributed by atoms with Crippen LogP contribution < -0.4 is 0 Å². The van der Waals surface area contributed by atoms with E-state index in [1.807, 2.05) is 13.8 Å². The zero-order valence-electron chi connectivity index (χ0n) is 6.16. The third kappa shape index (κ3) is 2.39. The van der Waals surface area contributed by atoms with Crippen LogP contribution in [-0.2, 0) is 0 Å². The fourth-order valence-electron chi connectivity index (χ4n) is 0.787. The van der Waals surface area contributed by atoms with E-state index in [-0.39, 0.29) is 10.9 Å². The van der Waals surface area contributed by atoms with Crippen molar-refractivity contribution < 1.29 is 4.92 Å². The van der Waals surface area contributed by atoms with Crippen molar-refractivity contribution in [2.75, 3.05) is 0 Å². The molecule has 10 heavy (non-hydrogen) atoms. The topological polar surface area (TPSA) is 43.1 Å². The predicted molar refractivity (Wildman–Crippen MR) is 43.7 cm³/mol. The number of hydrogen-bond donors (Lipinski definition) is 0. The van der Waals surface area contributed by atoms with Gasteiger partial charge in [0, 0.05) is 0 Å². The zero-order valence-corrected chi connectivity index (χ0v) is 6.98. The summed E-state index contributed by atoms with van der Waals surface area (Å²) in [5, 5.41) is 10.1. The van der Waals surface area contributed by atoms with E-state index in [9.17, 15) is 10.1 Å². The Labute approximate surface area is 65.6 Å². The third-order valence-corrected chi connectivity index (χ3v) is 2.00. The second kappa shape index (κ2) is 4.33. The van der Waals surface area contributed by atoms with Gasteiger partial charge in [0.05, 0.1) is 10.8 Å². The van der Waals surface area contributed by atoms with Gasteiger partial charge in [-0.2, -0.15) is 0 Å². The van der Waals surface area contributed by atoms with Crippen molar-refractivity contribution in [3.05, 3.63) is 10.1 Å². The van der Waals surface area contributed by atoms with E-state index in [1.165, 1.54) is 0 Å². The molecule has 0 rings (SSSR count). The normalized spacial score (nSPS) is 9.90. The van der Waals surface area contributed by atoms with Crippen LogP contribution in [0, 0.1) is 16.0 Å². The molecule has 0 aliphatic heterocycles. The second-order valence-electron chi connectivity index (χ2n) is 2.11. The fourth-order valence-corrected chi connectivity index (χ4v) is 1.12. The van der Waals surface area contributed by atoms with Crippen molar-refractivity contribution in [1.29, 1.82) is 0 Å². The number of nitro groups is 1. The lowest BCUT2D eigenvalue weighted by atomic mass is 10.0. The van der Waals surface area contributed by atoms with Crippen molar-refractivity contribution in [2.24, 2.45) is 5.92 Å². The highest BCUT2D eigenvalue weighted by molar-refractivity contribution is 7.80. The third-order valence-electron chi connectivity index (χ3n) is 1.51. The summed E-state index contributed by atoms with van der Waals surface area (Å²) in [7, 11) is 0. The van der Waals surface area contributed by atoms with Gasteiger partial charge < -0.3 is 0 Å². The number of hydrogen-bond acceptors (Lipinski definition) is 3. The molecule has 0 aromatic rings. The monoisotopic (exact) mass is 161 g/mol. The van der Waals surface area contributed by atoms with Gasteiger partial charge in [0.25, 0.3) is 0 Å². The Bertz CT molecular complexity index is 143. The standard InChI is InChI=1S/C6H11NO2S/c1-3-5(4-2)6(10)7(8)9/h5H,3-4H2,1-2H3. The molecule has 0 aliphatic rings. The van der Waals surface area contributed by atoms with Crippen LogP contribution in [-0.4, -0.2) is 9.91 Å². The highest BCUT2D eigenvalue weighted by Crippen LogP contribution is 2.10. The molecule has 0 aliphatic carbocycles. The molecule has 0 saturated heterocycles. The summed E-state index contributed by atoms with van der Waals surface area (Å²) in [6.07, 6.45) is 1.52.